The quantitative estimate of drug-likeness (QED) is 0.286. The molecule has 8 heteroatoms. The minimum Gasteiger partial charge on any atom is -0.344 e. The van der Waals surface area contributed by atoms with Crippen LogP contribution in [-0.2, 0) is 9.84 Å². The first-order chi connectivity index (χ1) is 18.7. The van der Waals surface area contributed by atoms with E-state index in [2.05, 4.69) is 34.5 Å². The number of sulfone groups is 1. The number of nitrogens with one attached hydrogen (secondary N) is 1. The molecular weight excluding hydrogens is 530 g/mol. The maximum absolute atomic E-state index is 13.1. The second-order valence-electron chi connectivity index (χ2n) is 10.5. The lowest BCUT2D eigenvalue weighted by molar-refractivity contribution is 0.0937. The number of rotatable bonds is 10. The van der Waals surface area contributed by atoms with Crippen molar-refractivity contribution in [2.24, 2.45) is 0 Å². The van der Waals surface area contributed by atoms with Crippen molar-refractivity contribution in [1.82, 2.24) is 5.32 Å². The van der Waals surface area contributed by atoms with E-state index in [1.165, 1.54) is 48.9 Å². The van der Waals surface area contributed by atoms with Gasteiger partial charge < -0.3 is 10.2 Å². The number of carbonyl (C=O) groups excluding carboxylic acids is 1. The standard InChI is InChI=1S/C31H32ClN3O3S/c1-3-39(37,38)27-11-8-22(9-12-27)29(14-15-33)34-31(36)23-10-13-30(28(32)19-23)35(2)26-17-24(20-4-5-20)16-25(18-26)21-6-7-21/h8-13,16-21,29H,3-7,14H2,1-2H3,(H,34,36)/t29-/m0/s1. The van der Waals surface area contributed by atoms with Crippen molar-refractivity contribution in [1.29, 1.82) is 5.26 Å². The van der Waals surface area contributed by atoms with E-state index >= 15 is 0 Å². The highest BCUT2D eigenvalue weighted by Gasteiger charge is 2.29. The lowest BCUT2D eigenvalue weighted by Crippen LogP contribution is -2.28. The number of carbonyl (C=O) groups is 1. The van der Waals surface area contributed by atoms with Crippen LogP contribution >= 0.6 is 11.6 Å². The Hall–Kier alpha value is -3.34. The van der Waals surface area contributed by atoms with E-state index in [-0.39, 0.29) is 23.0 Å². The predicted octanol–water partition coefficient (Wildman–Crippen LogP) is 7.04. The smallest absolute Gasteiger partial charge is 0.251 e. The minimum absolute atomic E-state index is 0.00425. The van der Waals surface area contributed by atoms with Crippen molar-refractivity contribution in [3.8, 4) is 6.07 Å². The molecule has 2 aliphatic rings. The molecule has 0 aliphatic heterocycles. The molecule has 2 saturated carbocycles. The second kappa shape index (κ2) is 11.0. The monoisotopic (exact) mass is 561 g/mol. The molecule has 0 unspecified atom stereocenters. The number of hydrogen-bond donors (Lipinski definition) is 1. The third-order valence-electron chi connectivity index (χ3n) is 7.64. The van der Waals surface area contributed by atoms with Crippen LogP contribution in [0.25, 0.3) is 0 Å². The molecule has 2 fully saturated rings. The van der Waals surface area contributed by atoms with Crippen LogP contribution < -0.4 is 10.2 Å². The van der Waals surface area contributed by atoms with Gasteiger partial charge in [-0.3, -0.25) is 4.79 Å². The first-order valence-electron chi connectivity index (χ1n) is 13.4. The maximum atomic E-state index is 13.1. The second-order valence-corrected chi connectivity index (χ2v) is 13.2. The fourth-order valence-electron chi connectivity index (χ4n) is 4.88. The fraction of sp³-hybridized carbons (Fsp3) is 0.355. The number of anilines is 2. The van der Waals surface area contributed by atoms with Gasteiger partial charge in [-0.05, 0) is 96.7 Å². The summed E-state index contributed by atoms with van der Waals surface area (Å²) in [5.74, 6) is 0.963. The zero-order valence-corrected chi connectivity index (χ0v) is 23.7. The molecule has 1 amide bonds. The van der Waals surface area contributed by atoms with Crippen molar-refractivity contribution >= 4 is 38.7 Å². The van der Waals surface area contributed by atoms with Gasteiger partial charge in [0.05, 0.1) is 39.9 Å². The number of benzene rings is 3. The molecule has 0 saturated heterocycles. The van der Waals surface area contributed by atoms with Gasteiger partial charge in [-0.1, -0.05) is 36.7 Å². The van der Waals surface area contributed by atoms with Crippen LogP contribution in [0.5, 0.6) is 0 Å². The van der Waals surface area contributed by atoms with Gasteiger partial charge in [0.15, 0.2) is 9.84 Å². The molecule has 0 spiro atoms. The maximum Gasteiger partial charge on any atom is 0.251 e. The summed E-state index contributed by atoms with van der Waals surface area (Å²) in [5.41, 5.74) is 5.75. The van der Waals surface area contributed by atoms with Gasteiger partial charge in [-0.25, -0.2) is 8.42 Å². The Labute approximate surface area is 235 Å². The summed E-state index contributed by atoms with van der Waals surface area (Å²) in [6.07, 6.45) is 5.03. The number of hydrogen-bond acceptors (Lipinski definition) is 5. The first kappa shape index (κ1) is 27.2. The Morgan fingerprint density at radius 1 is 1.03 bits per heavy atom. The third-order valence-corrected chi connectivity index (χ3v) is 9.69. The molecule has 0 aromatic heterocycles. The summed E-state index contributed by atoms with van der Waals surface area (Å²) in [7, 11) is -1.34. The zero-order valence-electron chi connectivity index (χ0n) is 22.2. The van der Waals surface area contributed by atoms with Gasteiger partial charge in [0.2, 0.25) is 0 Å². The highest BCUT2D eigenvalue weighted by Crippen LogP contribution is 2.47. The topological polar surface area (TPSA) is 90.3 Å². The Bertz CT molecular complexity index is 1510. The summed E-state index contributed by atoms with van der Waals surface area (Å²) in [6.45, 7) is 1.59. The Kier molecular flexibility index (Phi) is 7.70. The van der Waals surface area contributed by atoms with E-state index in [0.717, 1.165) is 11.4 Å². The summed E-state index contributed by atoms with van der Waals surface area (Å²) < 4.78 is 24.3. The molecule has 0 bridgehead atoms. The van der Waals surface area contributed by atoms with Crippen LogP contribution in [0.3, 0.4) is 0 Å². The van der Waals surface area contributed by atoms with Crippen LogP contribution in [-0.4, -0.2) is 27.1 Å². The molecule has 0 heterocycles. The van der Waals surface area contributed by atoms with Gasteiger partial charge in [-0.2, -0.15) is 5.26 Å². The minimum atomic E-state index is -3.33. The summed E-state index contributed by atoms with van der Waals surface area (Å²) in [5, 5.41) is 12.7. The highest BCUT2D eigenvalue weighted by atomic mass is 35.5. The van der Waals surface area contributed by atoms with Crippen LogP contribution in [0, 0.1) is 11.3 Å². The largest absolute Gasteiger partial charge is 0.344 e. The lowest BCUT2D eigenvalue weighted by atomic mass is 10.0. The lowest BCUT2D eigenvalue weighted by Gasteiger charge is -2.23. The Balaban J connectivity index is 1.34. The van der Waals surface area contributed by atoms with Gasteiger partial charge >= 0.3 is 0 Å². The molecule has 3 aromatic carbocycles. The molecule has 39 heavy (non-hydrogen) atoms. The summed E-state index contributed by atoms with van der Waals surface area (Å²) in [6, 6.07) is 19.9. The van der Waals surface area contributed by atoms with Crippen molar-refractivity contribution in [3.05, 3.63) is 87.9 Å². The first-order valence-corrected chi connectivity index (χ1v) is 15.4. The fourth-order valence-corrected chi connectivity index (χ4v) is 6.07. The number of nitrogens with zero attached hydrogens (tertiary/aromatic N) is 2. The molecule has 0 radical (unpaired) electrons. The van der Waals surface area contributed by atoms with Crippen LogP contribution in [0.1, 0.15) is 84.0 Å². The Morgan fingerprint density at radius 2 is 1.64 bits per heavy atom. The molecule has 202 valence electrons. The average molecular weight is 562 g/mol. The molecular formula is C31H32ClN3O3S. The van der Waals surface area contributed by atoms with E-state index in [1.54, 1.807) is 31.2 Å². The van der Waals surface area contributed by atoms with Crippen molar-refractivity contribution in [2.45, 2.75) is 61.8 Å². The SMILES string of the molecule is CCS(=O)(=O)c1ccc([C@H](CC#N)NC(=O)c2ccc(N(C)c3cc(C4CC4)cc(C4CC4)c3)c(Cl)c2)cc1. The van der Waals surface area contributed by atoms with Crippen LogP contribution in [0.15, 0.2) is 65.6 Å². The normalized spacial score (nSPS) is 15.8. The van der Waals surface area contributed by atoms with Gasteiger partial charge in [0.25, 0.3) is 5.91 Å². The van der Waals surface area contributed by atoms with Gasteiger partial charge in [-0.15, -0.1) is 0 Å². The predicted molar refractivity (Wildman–Crippen MR) is 155 cm³/mol. The van der Waals surface area contributed by atoms with Gasteiger partial charge in [0.1, 0.15) is 0 Å². The van der Waals surface area contributed by atoms with E-state index in [1.807, 2.05) is 13.1 Å². The highest BCUT2D eigenvalue weighted by molar-refractivity contribution is 7.91. The number of nitriles is 1. The van der Waals surface area contributed by atoms with E-state index in [9.17, 15) is 18.5 Å². The van der Waals surface area contributed by atoms with E-state index < -0.39 is 15.9 Å². The molecule has 6 nitrogen and oxygen atoms in total. The number of amides is 1. The van der Waals surface area contributed by atoms with Crippen LogP contribution in [0.4, 0.5) is 11.4 Å². The van der Waals surface area contributed by atoms with Crippen molar-refractivity contribution < 1.29 is 13.2 Å². The zero-order chi connectivity index (χ0) is 27.7. The summed E-state index contributed by atoms with van der Waals surface area (Å²) in [4.78, 5) is 15.4. The summed E-state index contributed by atoms with van der Waals surface area (Å²) >= 11 is 6.71. The van der Waals surface area contributed by atoms with Crippen molar-refractivity contribution in [3.63, 3.8) is 0 Å². The van der Waals surface area contributed by atoms with Crippen LogP contribution in [0.2, 0.25) is 5.02 Å². The van der Waals surface area contributed by atoms with Gasteiger partial charge in [0, 0.05) is 18.3 Å². The van der Waals surface area contributed by atoms with Crippen molar-refractivity contribution in [2.75, 3.05) is 17.7 Å². The number of halogens is 1. The third kappa shape index (κ3) is 6.13. The molecule has 5 rings (SSSR count). The molecule has 1 atom stereocenters. The average Bonchev–Trinajstić information content (AvgIpc) is 3.85. The molecule has 1 N–H and O–H groups in total. The Morgan fingerprint density at radius 3 is 2.15 bits per heavy atom. The van der Waals surface area contributed by atoms with E-state index in [4.69, 9.17) is 11.6 Å². The molecule has 2 aliphatic carbocycles. The van der Waals surface area contributed by atoms with E-state index in [0.29, 0.717) is 28.0 Å². The molecule has 3 aromatic rings.